The lowest BCUT2D eigenvalue weighted by atomic mass is 9.90. The van der Waals surface area contributed by atoms with E-state index in [0.717, 1.165) is 5.57 Å². The number of hydrogen-bond acceptors (Lipinski definition) is 4. The molecule has 6 heteroatoms. The molecule has 3 rings (SSSR count). The SMILES string of the molecule is CC1=C(n2cc(N)cc(Br)c2=O)c2cc(C#N)ccc2OC1(C)C. The van der Waals surface area contributed by atoms with Crippen molar-refractivity contribution in [3.63, 3.8) is 0 Å². The molecule has 2 aromatic rings. The summed E-state index contributed by atoms with van der Waals surface area (Å²) in [5, 5.41) is 9.20. The number of halogens is 1. The van der Waals surface area contributed by atoms with Gasteiger partial charge < -0.3 is 10.5 Å². The molecule has 122 valence electrons. The third-order valence-electron chi connectivity index (χ3n) is 4.22. The monoisotopic (exact) mass is 385 g/mol. The van der Waals surface area contributed by atoms with Crippen LogP contribution in [0.2, 0.25) is 0 Å². The molecule has 0 aliphatic carbocycles. The van der Waals surface area contributed by atoms with E-state index in [1.165, 1.54) is 4.57 Å². The van der Waals surface area contributed by atoms with Gasteiger partial charge in [-0.05, 0) is 66.5 Å². The molecule has 0 saturated carbocycles. The highest BCUT2D eigenvalue weighted by Crippen LogP contribution is 2.41. The zero-order chi connectivity index (χ0) is 17.6. The van der Waals surface area contributed by atoms with Crippen molar-refractivity contribution in [2.45, 2.75) is 26.4 Å². The van der Waals surface area contributed by atoms with Crippen LogP contribution in [0.4, 0.5) is 5.69 Å². The van der Waals surface area contributed by atoms with Crippen molar-refractivity contribution in [3.05, 3.63) is 62.0 Å². The van der Waals surface area contributed by atoms with Crippen molar-refractivity contribution in [3.8, 4) is 11.8 Å². The van der Waals surface area contributed by atoms with Crippen molar-refractivity contribution in [1.82, 2.24) is 4.57 Å². The van der Waals surface area contributed by atoms with Crippen molar-refractivity contribution in [2.24, 2.45) is 0 Å². The summed E-state index contributed by atoms with van der Waals surface area (Å²) in [6.45, 7) is 5.80. The molecule has 0 spiro atoms. The van der Waals surface area contributed by atoms with Crippen molar-refractivity contribution >= 4 is 27.3 Å². The van der Waals surface area contributed by atoms with E-state index >= 15 is 0 Å². The van der Waals surface area contributed by atoms with Crippen molar-refractivity contribution in [1.29, 1.82) is 5.26 Å². The predicted molar refractivity (Wildman–Crippen MR) is 96.7 cm³/mol. The normalized spacial score (nSPS) is 15.5. The van der Waals surface area contributed by atoms with Gasteiger partial charge in [-0.15, -0.1) is 0 Å². The van der Waals surface area contributed by atoms with Crippen LogP contribution >= 0.6 is 15.9 Å². The molecule has 1 aliphatic rings. The lowest BCUT2D eigenvalue weighted by Gasteiger charge is -2.36. The maximum absolute atomic E-state index is 12.7. The highest BCUT2D eigenvalue weighted by molar-refractivity contribution is 9.10. The first kappa shape index (κ1) is 16.3. The minimum Gasteiger partial charge on any atom is -0.483 e. The maximum Gasteiger partial charge on any atom is 0.269 e. The third-order valence-corrected chi connectivity index (χ3v) is 4.79. The Morgan fingerprint density at radius 2 is 2.04 bits per heavy atom. The predicted octanol–water partition coefficient (Wildman–Crippen LogP) is 3.51. The third kappa shape index (κ3) is 2.51. The number of nitrogens with zero attached hydrogens (tertiary/aromatic N) is 2. The van der Waals surface area contributed by atoms with Gasteiger partial charge in [0, 0.05) is 17.4 Å². The molecule has 0 saturated heterocycles. The molecule has 0 atom stereocenters. The Labute approximate surface area is 148 Å². The number of rotatable bonds is 1. The number of pyridine rings is 1. The van der Waals surface area contributed by atoms with E-state index < -0.39 is 5.60 Å². The number of aromatic nitrogens is 1. The number of hydrogen-bond donors (Lipinski definition) is 1. The summed E-state index contributed by atoms with van der Waals surface area (Å²) >= 11 is 3.26. The second-order valence-corrected chi connectivity index (χ2v) is 7.06. The second-order valence-electron chi connectivity index (χ2n) is 6.21. The summed E-state index contributed by atoms with van der Waals surface area (Å²) in [5.74, 6) is 0.630. The Hall–Kier alpha value is -2.52. The van der Waals surface area contributed by atoms with Crippen LogP contribution in [0.15, 0.2) is 45.3 Å². The lowest BCUT2D eigenvalue weighted by Crippen LogP contribution is -2.36. The summed E-state index contributed by atoms with van der Waals surface area (Å²) in [4.78, 5) is 12.7. The smallest absolute Gasteiger partial charge is 0.269 e. The van der Waals surface area contributed by atoms with E-state index in [1.807, 2.05) is 20.8 Å². The van der Waals surface area contributed by atoms with Crippen LogP contribution in [-0.2, 0) is 0 Å². The van der Waals surface area contributed by atoms with E-state index in [2.05, 4.69) is 22.0 Å². The zero-order valence-corrected chi connectivity index (χ0v) is 15.1. The van der Waals surface area contributed by atoms with Gasteiger partial charge in [0.2, 0.25) is 0 Å². The first-order chi connectivity index (χ1) is 11.2. The fourth-order valence-electron chi connectivity index (χ4n) is 2.76. The largest absolute Gasteiger partial charge is 0.483 e. The average Bonchev–Trinajstić information content (AvgIpc) is 2.52. The second kappa shape index (κ2) is 5.53. The quantitative estimate of drug-likeness (QED) is 0.813. The van der Waals surface area contributed by atoms with Crippen molar-refractivity contribution in [2.75, 3.05) is 5.73 Å². The molecule has 1 aromatic heterocycles. The lowest BCUT2D eigenvalue weighted by molar-refractivity contribution is 0.143. The van der Waals surface area contributed by atoms with Gasteiger partial charge in [-0.2, -0.15) is 5.26 Å². The molecule has 0 bridgehead atoms. The molecule has 1 aliphatic heterocycles. The van der Waals surface area contributed by atoms with Gasteiger partial charge in [-0.3, -0.25) is 9.36 Å². The summed E-state index contributed by atoms with van der Waals surface area (Å²) in [5.41, 5.74) is 8.35. The van der Waals surface area contributed by atoms with Gasteiger partial charge in [-0.1, -0.05) is 0 Å². The van der Waals surface area contributed by atoms with E-state index in [1.54, 1.807) is 30.5 Å². The molecule has 0 unspecified atom stereocenters. The Bertz CT molecular complexity index is 981. The number of nitrogen functional groups attached to an aromatic ring is 1. The minimum absolute atomic E-state index is 0.218. The number of benzene rings is 1. The van der Waals surface area contributed by atoms with E-state index in [-0.39, 0.29) is 5.56 Å². The van der Waals surface area contributed by atoms with Gasteiger partial charge in [0.1, 0.15) is 11.4 Å². The molecule has 2 N–H and O–H groups in total. The van der Waals surface area contributed by atoms with Crippen LogP contribution in [0, 0.1) is 11.3 Å². The Morgan fingerprint density at radius 1 is 1.33 bits per heavy atom. The topological polar surface area (TPSA) is 81.0 Å². The first-order valence-electron chi connectivity index (χ1n) is 7.37. The summed E-state index contributed by atoms with van der Waals surface area (Å²) in [7, 11) is 0. The Balaban J connectivity index is 2.41. The van der Waals surface area contributed by atoms with E-state index in [9.17, 15) is 10.1 Å². The first-order valence-corrected chi connectivity index (χ1v) is 8.17. The van der Waals surface area contributed by atoms with Gasteiger partial charge in [0.25, 0.3) is 5.56 Å². The molecule has 0 fully saturated rings. The van der Waals surface area contributed by atoms with Gasteiger partial charge in [0.15, 0.2) is 0 Å². The van der Waals surface area contributed by atoms with Crippen LogP contribution < -0.4 is 16.0 Å². The molecule has 2 heterocycles. The Kier molecular flexibility index (Phi) is 3.77. The molecular weight excluding hydrogens is 370 g/mol. The summed E-state index contributed by atoms with van der Waals surface area (Å²) in [6.07, 6.45) is 1.59. The number of nitriles is 1. The minimum atomic E-state index is -0.590. The van der Waals surface area contributed by atoms with Gasteiger partial charge >= 0.3 is 0 Å². The highest BCUT2D eigenvalue weighted by Gasteiger charge is 2.34. The molecule has 5 nitrogen and oxygen atoms in total. The van der Waals surface area contributed by atoms with Crippen LogP contribution in [0.1, 0.15) is 31.9 Å². The van der Waals surface area contributed by atoms with Crippen LogP contribution in [-0.4, -0.2) is 10.2 Å². The molecule has 24 heavy (non-hydrogen) atoms. The number of nitrogens with two attached hydrogens (primary N) is 1. The average molecular weight is 386 g/mol. The fraction of sp³-hybridized carbons (Fsp3) is 0.222. The number of fused-ring (bicyclic) bond motifs is 1. The van der Waals surface area contributed by atoms with Gasteiger partial charge in [0.05, 0.1) is 21.8 Å². The summed E-state index contributed by atoms with van der Waals surface area (Å²) < 4.78 is 7.95. The molecule has 0 amide bonds. The standard InChI is InChI=1S/C18H16BrN3O2/c1-10-16(22-9-12(21)7-14(19)17(22)23)13-6-11(8-20)4-5-15(13)24-18(10,2)3/h4-7,9H,21H2,1-3H3. The van der Waals surface area contributed by atoms with Crippen LogP contribution in [0.25, 0.3) is 5.70 Å². The van der Waals surface area contributed by atoms with Gasteiger partial charge in [-0.25, -0.2) is 0 Å². The highest BCUT2D eigenvalue weighted by atomic mass is 79.9. The van der Waals surface area contributed by atoms with Crippen LogP contribution in [0.3, 0.4) is 0 Å². The van der Waals surface area contributed by atoms with E-state index in [0.29, 0.717) is 32.7 Å². The Morgan fingerprint density at radius 3 is 2.71 bits per heavy atom. The molecule has 0 radical (unpaired) electrons. The fourth-order valence-corrected chi connectivity index (χ4v) is 3.21. The molecular formula is C18H16BrN3O2. The zero-order valence-electron chi connectivity index (χ0n) is 13.6. The number of ether oxygens (including phenoxy) is 1. The number of anilines is 1. The van der Waals surface area contributed by atoms with Crippen molar-refractivity contribution < 1.29 is 4.74 Å². The van der Waals surface area contributed by atoms with E-state index in [4.69, 9.17) is 10.5 Å². The van der Waals surface area contributed by atoms with Crippen LogP contribution in [0.5, 0.6) is 5.75 Å². The maximum atomic E-state index is 12.7. The molecule has 1 aromatic carbocycles. The summed E-state index contributed by atoms with van der Waals surface area (Å²) in [6, 6.07) is 8.88.